The zero-order valence-electron chi connectivity index (χ0n) is 12.3. The average Bonchev–Trinajstić information content (AvgIpc) is 2.75. The third-order valence-electron chi connectivity index (χ3n) is 3.59. The molecule has 1 atom stereocenters. The second-order valence-electron chi connectivity index (χ2n) is 5.14. The third kappa shape index (κ3) is 3.68. The van der Waals surface area contributed by atoms with Gasteiger partial charge in [-0.2, -0.15) is 0 Å². The summed E-state index contributed by atoms with van der Waals surface area (Å²) in [7, 11) is 0. The van der Waals surface area contributed by atoms with Crippen molar-refractivity contribution in [2.24, 2.45) is 0 Å². The summed E-state index contributed by atoms with van der Waals surface area (Å²) < 4.78 is 0. The lowest BCUT2D eigenvalue weighted by Gasteiger charge is -2.14. The molecule has 1 N–H and O–H groups in total. The molecule has 1 heterocycles. The van der Waals surface area contributed by atoms with Crippen LogP contribution in [0.5, 0.6) is 0 Å². The van der Waals surface area contributed by atoms with Crippen LogP contribution < -0.4 is 5.32 Å². The molecule has 1 unspecified atom stereocenters. The van der Waals surface area contributed by atoms with Crippen LogP contribution in [0.3, 0.4) is 0 Å². The van der Waals surface area contributed by atoms with Gasteiger partial charge in [-0.05, 0) is 49.9 Å². The van der Waals surface area contributed by atoms with Crippen LogP contribution in [0, 0.1) is 13.8 Å². The number of nitrogens with one attached hydrogen (secondary N) is 1. The Balaban J connectivity index is 1.96. The Morgan fingerprint density at radius 1 is 1.11 bits per heavy atom. The van der Waals surface area contributed by atoms with E-state index >= 15 is 0 Å². The molecule has 0 aliphatic rings. The molecule has 1 aromatic carbocycles. The second-order valence-corrected chi connectivity index (χ2v) is 6.60. The predicted molar refractivity (Wildman–Crippen MR) is 84.9 cm³/mol. The Morgan fingerprint density at radius 3 is 2.26 bits per heavy atom. The lowest BCUT2D eigenvalue weighted by atomic mass is 10.1. The minimum atomic E-state index is 0.413. The summed E-state index contributed by atoms with van der Waals surface area (Å²) in [6.07, 6.45) is 1.11. The first-order chi connectivity index (χ1) is 9.10. The second kappa shape index (κ2) is 6.36. The van der Waals surface area contributed by atoms with Crippen molar-refractivity contribution >= 4 is 11.3 Å². The summed E-state index contributed by atoms with van der Waals surface area (Å²) in [4.78, 5) is 2.83. The van der Waals surface area contributed by atoms with Gasteiger partial charge in [-0.3, -0.25) is 0 Å². The fourth-order valence-corrected chi connectivity index (χ4v) is 3.38. The van der Waals surface area contributed by atoms with Crippen molar-refractivity contribution in [2.45, 2.75) is 46.7 Å². The molecule has 1 aromatic heterocycles. The molecular formula is C17H23NS. The van der Waals surface area contributed by atoms with Crippen LogP contribution in [0.25, 0.3) is 0 Å². The van der Waals surface area contributed by atoms with Crippen molar-refractivity contribution in [3.63, 3.8) is 0 Å². The Labute approximate surface area is 120 Å². The number of rotatable bonds is 5. The average molecular weight is 273 g/mol. The van der Waals surface area contributed by atoms with Crippen LogP contribution in [0.2, 0.25) is 0 Å². The highest BCUT2D eigenvalue weighted by molar-refractivity contribution is 7.12. The van der Waals surface area contributed by atoms with Gasteiger partial charge in [0.25, 0.3) is 0 Å². The quantitative estimate of drug-likeness (QED) is 0.827. The van der Waals surface area contributed by atoms with Gasteiger partial charge in [0.05, 0.1) is 0 Å². The molecule has 19 heavy (non-hydrogen) atoms. The lowest BCUT2D eigenvalue weighted by Crippen LogP contribution is -2.18. The van der Waals surface area contributed by atoms with Gasteiger partial charge in [0, 0.05) is 22.3 Å². The van der Waals surface area contributed by atoms with E-state index in [-0.39, 0.29) is 0 Å². The van der Waals surface area contributed by atoms with Crippen LogP contribution in [0.4, 0.5) is 0 Å². The molecule has 1 nitrogen and oxygen atoms in total. The maximum atomic E-state index is 3.61. The van der Waals surface area contributed by atoms with Gasteiger partial charge >= 0.3 is 0 Å². The van der Waals surface area contributed by atoms with Crippen molar-refractivity contribution in [3.05, 3.63) is 56.8 Å². The van der Waals surface area contributed by atoms with Crippen molar-refractivity contribution in [2.75, 3.05) is 0 Å². The zero-order chi connectivity index (χ0) is 13.8. The van der Waals surface area contributed by atoms with Gasteiger partial charge < -0.3 is 5.32 Å². The van der Waals surface area contributed by atoms with Gasteiger partial charge in [-0.1, -0.05) is 31.2 Å². The molecule has 0 aliphatic heterocycles. The van der Waals surface area contributed by atoms with Crippen molar-refractivity contribution in [1.29, 1.82) is 0 Å². The number of hydrogen-bond donors (Lipinski definition) is 1. The van der Waals surface area contributed by atoms with Crippen molar-refractivity contribution < 1.29 is 0 Å². The summed E-state index contributed by atoms with van der Waals surface area (Å²) >= 11 is 1.88. The Kier molecular flexibility index (Phi) is 4.78. The number of thiophene rings is 1. The summed E-state index contributed by atoms with van der Waals surface area (Å²) in [6.45, 7) is 9.75. The smallest absolute Gasteiger partial charge is 0.0305 e. The first-order valence-electron chi connectivity index (χ1n) is 6.98. The van der Waals surface area contributed by atoms with E-state index in [0.29, 0.717) is 6.04 Å². The van der Waals surface area contributed by atoms with Gasteiger partial charge in [0.15, 0.2) is 0 Å². The monoisotopic (exact) mass is 273 g/mol. The van der Waals surface area contributed by atoms with E-state index in [4.69, 9.17) is 0 Å². The normalized spacial score (nSPS) is 12.6. The number of hydrogen-bond acceptors (Lipinski definition) is 2. The highest BCUT2D eigenvalue weighted by atomic mass is 32.1. The molecule has 0 bridgehead atoms. The molecule has 2 aromatic rings. The summed E-state index contributed by atoms with van der Waals surface area (Å²) in [5.74, 6) is 0. The van der Waals surface area contributed by atoms with Gasteiger partial charge in [0.1, 0.15) is 0 Å². The third-order valence-corrected chi connectivity index (χ3v) is 4.57. The Bertz CT molecular complexity index is 525. The molecule has 0 aliphatic carbocycles. The highest BCUT2D eigenvalue weighted by Gasteiger charge is 2.10. The van der Waals surface area contributed by atoms with Crippen LogP contribution in [0.1, 0.15) is 46.3 Å². The van der Waals surface area contributed by atoms with E-state index in [9.17, 15) is 0 Å². The van der Waals surface area contributed by atoms with Crippen LogP contribution in [-0.4, -0.2) is 0 Å². The van der Waals surface area contributed by atoms with E-state index in [1.165, 1.54) is 26.4 Å². The van der Waals surface area contributed by atoms with Crippen LogP contribution in [0.15, 0.2) is 30.3 Å². The maximum absolute atomic E-state index is 3.61. The van der Waals surface area contributed by atoms with E-state index in [0.717, 1.165) is 13.0 Å². The molecule has 2 rings (SSSR count). The molecular weight excluding hydrogens is 250 g/mol. The van der Waals surface area contributed by atoms with Crippen LogP contribution in [-0.2, 0) is 13.0 Å². The largest absolute Gasteiger partial charge is 0.306 e. The van der Waals surface area contributed by atoms with Crippen molar-refractivity contribution in [1.82, 2.24) is 5.32 Å². The lowest BCUT2D eigenvalue weighted by molar-refractivity contribution is 0.574. The standard InChI is InChI=1S/C17H23NS/c1-5-15-6-8-16(9-7-15)11-18-13(3)17-10-12(2)19-14(17)4/h6-10,13,18H,5,11H2,1-4H3. The fraction of sp³-hybridized carbons (Fsp3) is 0.412. The van der Waals surface area contributed by atoms with E-state index < -0.39 is 0 Å². The molecule has 2 heteroatoms. The number of aryl methyl sites for hydroxylation is 3. The molecule has 0 saturated carbocycles. The van der Waals surface area contributed by atoms with E-state index in [1.807, 2.05) is 11.3 Å². The molecule has 0 radical (unpaired) electrons. The number of benzene rings is 1. The topological polar surface area (TPSA) is 12.0 Å². The fourth-order valence-electron chi connectivity index (χ4n) is 2.35. The first-order valence-corrected chi connectivity index (χ1v) is 7.80. The van der Waals surface area contributed by atoms with Gasteiger partial charge in [0.2, 0.25) is 0 Å². The molecule has 102 valence electrons. The summed E-state index contributed by atoms with van der Waals surface area (Å²) in [6, 6.07) is 11.6. The minimum Gasteiger partial charge on any atom is -0.306 e. The highest BCUT2D eigenvalue weighted by Crippen LogP contribution is 2.26. The minimum absolute atomic E-state index is 0.413. The maximum Gasteiger partial charge on any atom is 0.0305 e. The van der Waals surface area contributed by atoms with E-state index in [2.05, 4.69) is 63.3 Å². The zero-order valence-corrected chi connectivity index (χ0v) is 13.1. The molecule has 0 amide bonds. The van der Waals surface area contributed by atoms with Gasteiger partial charge in [-0.15, -0.1) is 11.3 Å². The predicted octanol–water partition coefficient (Wildman–Crippen LogP) is 4.78. The molecule has 0 spiro atoms. The van der Waals surface area contributed by atoms with E-state index in [1.54, 1.807) is 0 Å². The Morgan fingerprint density at radius 2 is 1.74 bits per heavy atom. The van der Waals surface area contributed by atoms with Crippen LogP contribution >= 0.6 is 11.3 Å². The summed E-state index contributed by atoms with van der Waals surface area (Å²) in [5.41, 5.74) is 4.20. The first kappa shape index (κ1) is 14.3. The molecule has 0 saturated heterocycles. The molecule has 0 fully saturated rings. The summed E-state index contributed by atoms with van der Waals surface area (Å²) in [5, 5.41) is 3.61. The SMILES string of the molecule is CCc1ccc(CNC(C)c2cc(C)sc2C)cc1. The van der Waals surface area contributed by atoms with Crippen molar-refractivity contribution in [3.8, 4) is 0 Å². The Hall–Kier alpha value is -1.12. The van der Waals surface area contributed by atoms with Gasteiger partial charge in [-0.25, -0.2) is 0 Å².